The zero-order valence-corrected chi connectivity index (χ0v) is 23.2. The number of benzene rings is 2. The van der Waals surface area contributed by atoms with Crippen molar-refractivity contribution < 1.29 is 0 Å². The summed E-state index contributed by atoms with van der Waals surface area (Å²) in [6, 6.07) is 15.5. The SMILES string of the molecule is CC(C)c1cccc(C(C)C)c1NC(=S)N[C@H]1CC[C@@H](Nc2nc(N(C)C)c3ccccc3n2)CC1. The second-order valence-electron chi connectivity index (χ2n) is 10.7. The monoisotopic (exact) mass is 504 g/mol. The van der Waals surface area contributed by atoms with Crippen molar-refractivity contribution in [3.05, 3.63) is 53.6 Å². The van der Waals surface area contributed by atoms with E-state index in [1.54, 1.807) is 0 Å². The van der Waals surface area contributed by atoms with Crippen molar-refractivity contribution >= 4 is 45.7 Å². The normalized spacial score (nSPS) is 17.9. The van der Waals surface area contributed by atoms with Gasteiger partial charge in [0.05, 0.1) is 5.52 Å². The van der Waals surface area contributed by atoms with Gasteiger partial charge in [-0.1, -0.05) is 58.0 Å². The maximum atomic E-state index is 5.76. The summed E-state index contributed by atoms with van der Waals surface area (Å²) in [7, 11) is 4.05. The third kappa shape index (κ3) is 6.06. The maximum Gasteiger partial charge on any atom is 0.225 e. The molecule has 0 bridgehead atoms. The zero-order valence-electron chi connectivity index (χ0n) is 22.4. The van der Waals surface area contributed by atoms with Gasteiger partial charge in [-0.3, -0.25) is 0 Å². The van der Waals surface area contributed by atoms with Crippen molar-refractivity contribution in [2.45, 2.75) is 77.3 Å². The molecule has 1 aromatic heterocycles. The molecule has 36 heavy (non-hydrogen) atoms. The van der Waals surface area contributed by atoms with Crippen LogP contribution in [0.25, 0.3) is 10.9 Å². The first kappa shape index (κ1) is 26.1. The van der Waals surface area contributed by atoms with E-state index in [9.17, 15) is 0 Å². The fraction of sp³-hybridized carbons (Fsp3) is 0.483. The molecule has 0 unspecified atom stereocenters. The third-order valence-electron chi connectivity index (χ3n) is 7.01. The van der Waals surface area contributed by atoms with Gasteiger partial charge in [-0.05, 0) is 73.0 Å². The van der Waals surface area contributed by atoms with Gasteiger partial charge in [0.25, 0.3) is 0 Å². The van der Waals surface area contributed by atoms with Gasteiger partial charge < -0.3 is 20.9 Å². The van der Waals surface area contributed by atoms with Crippen molar-refractivity contribution in [1.29, 1.82) is 0 Å². The average molecular weight is 505 g/mol. The number of fused-ring (bicyclic) bond motifs is 1. The summed E-state index contributed by atoms with van der Waals surface area (Å²) >= 11 is 5.76. The summed E-state index contributed by atoms with van der Waals surface area (Å²) in [5, 5.41) is 12.5. The lowest BCUT2D eigenvalue weighted by Crippen LogP contribution is -2.42. The Morgan fingerprint density at radius 1 is 0.861 bits per heavy atom. The maximum absolute atomic E-state index is 5.76. The molecule has 1 aliphatic carbocycles. The summed E-state index contributed by atoms with van der Waals surface area (Å²) in [6.45, 7) is 8.93. The van der Waals surface area contributed by atoms with Crippen LogP contribution >= 0.6 is 12.2 Å². The van der Waals surface area contributed by atoms with E-state index in [1.165, 1.54) is 16.8 Å². The van der Waals surface area contributed by atoms with Crippen LogP contribution in [0.4, 0.5) is 17.5 Å². The van der Waals surface area contributed by atoms with Crippen LogP contribution in [0.3, 0.4) is 0 Å². The molecule has 3 aromatic rings. The molecule has 3 N–H and O–H groups in total. The van der Waals surface area contributed by atoms with Gasteiger partial charge >= 0.3 is 0 Å². The number of aromatic nitrogens is 2. The topological polar surface area (TPSA) is 65.1 Å². The fourth-order valence-electron chi connectivity index (χ4n) is 5.06. The number of hydrogen-bond donors (Lipinski definition) is 3. The molecule has 0 spiro atoms. The molecule has 2 aromatic carbocycles. The van der Waals surface area contributed by atoms with Crippen LogP contribution < -0.4 is 20.9 Å². The highest BCUT2D eigenvalue weighted by Crippen LogP contribution is 2.32. The lowest BCUT2D eigenvalue weighted by Gasteiger charge is -2.31. The molecule has 0 atom stereocenters. The van der Waals surface area contributed by atoms with E-state index >= 15 is 0 Å². The van der Waals surface area contributed by atoms with Gasteiger partial charge in [-0.15, -0.1) is 0 Å². The van der Waals surface area contributed by atoms with Crippen molar-refractivity contribution in [3.8, 4) is 0 Å². The average Bonchev–Trinajstić information content (AvgIpc) is 2.84. The Morgan fingerprint density at radius 2 is 1.47 bits per heavy atom. The Labute approximate surface area is 221 Å². The Kier molecular flexibility index (Phi) is 8.29. The van der Waals surface area contributed by atoms with E-state index in [4.69, 9.17) is 22.2 Å². The minimum atomic E-state index is 0.356. The molecule has 0 aliphatic heterocycles. The van der Waals surface area contributed by atoms with Crippen molar-refractivity contribution in [2.24, 2.45) is 0 Å². The predicted octanol–water partition coefficient (Wildman–Crippen LogP) is 6.65. The standard InChI is InChI=1S/C29H40N6S/c1-18(2)22-11-9-12-23(19(3)4)26(22)33-29(36)31-21-16-14-20(15-17-21)30-28-32-25-13-8-7-10-24(25)27(34-28)35(5)6/h7-13,18-21H,14-17H2,1-6H3,(H,30,32,34)(H2,31,33,36)/t20-,21+. The summed E-state index contributed by atoms with van der Waals surface area (Å²) in [4.78, 5) is 11.6. The Bertz CT molecular complexity index is 1170. The van der Waals surface area contributed by atoms with E-state index in [-0.39, 0.29) is 0 Å². The molecule has 1 fully saturated rings. The van der Waals surface area contributed by atoms with Gasteiger partial charge in [0, 0.05) is 37.3 Å². The van der Waals surface area contributed by atoms with Crippen LogP contribution in [0.1, 0.15) is 76.3 Å². The molecular formula is C29H40N6S. The van der Waals surface area contributed by atoms with Gasteiger partial charge in [0.2, 0.25) is 5.95 Å². The molecule has 6 nitrogen and oxygen atoms in total. The lowest BCUT2D eigenvalue weighted by atomic mass is 9.91. The molecule has 1 aliphatic rings. The number of nitrogens with zero attached hydrogens (tertiary/aromatic N) is 3. The number of thiocarbonyl (C=S) groups is 1. The van der Waals surface area contributed by atoms with Crippen molar-refractivity contribution in [3.63, 3.8) is 0 Å². The fourth-order valence-corrected chi connectivity index (χ4v) is 5.33. The number of hydrogen-bond acceptors (Lipinski definition) is 5. The quantitative estimate of drug-likeness (QED) is 0.311. The second-order valence-corrected chi connectivity index (χ2v) is 11.1. The van der Waals surface area contributed by atoms with Gasteiger partial charge in [0.1, 0.15) is 5.82 Å². The van der Waals surface area contributed by atoms with Crippen molar-refractivity contribution in [2.75, 3.05) is 29.6 Å². The molecule has 1 saturated carbocycles. The van der Waals surface area contributed by atoms with Gasteiger partial charge in [-0.25, -0.2) is 4.98 Å². The van der Waals surface area contributed by atoms with Crippen molar-refractivity contribution in [1.82, 2.24) is 15.3 Å². The highest BCUT2D eigenvalue weighted by atomic mass is 32.1. The van der Waals surface area contributed by atoms with E-state index in [2.05, 4.69) is 67.9 Å². The van der Waals surface area contributed by atoms with E-state index < -0.39 is 0 Å². The Hall–Kier alpha value is -2.93. The number of nitrogens with one attached hydrogen (secondary N) is 3. The Morgan fingerprint density at radius 3 is 2.08 bits per heavy atom. The highest BCUT2D eigenvalue weighted by Gasteiger charge is 2.23. The van der Waals surface area contributed by atoms with Crippen LogP contribution in [0, 0.1) is 0 Å². The highest BCUT2D eigenvalue weighted by molar-refractivity contribution is 7.80. The molecule has 0 radical (unpaired) electrons. The van der Waals surface area contributed by atoms with Crippen LogP contribution in [-0.4, -0.2) is 41.3 Å². The minimum absolute atomic E-state index is 0.356. The largest absolute Gasteiger partial charge is 0.362 e. The summed E-state index contributed by atoms with van der Waals surface area (Å²) in [5.41, 5.74) is 4.75. The van der Waals surface area contributed by atoms with E-state index in [0.29, 0.717) is 29.9 Å². The van der Waals surface area contributed by atoms with E-state index in [0.717, 1.165) is 47.5 Å². The number of rotatable bonds is 7. The number of para-hydroxylation sites is 2. The van der Waals surface area contributed by atoms with Crippen LogP contribution in [0.2, 0.25) is 0 Å². The molecule has 4 rings (SSSR count). The minimum Gasteiger partial charge on any atom is -0.362 e. The molecule has 0 saturated heterocycles. The van der Waals surface area contributed by atoms with Crippen LogP contribution in [0.5, 0.6) is 0 Å². The van der Waals surface area contributed by atoms with Crippen LogP contribution in [-0.2, 0) is 0 Å². The first-order valence-electron chi connectivity index (χ1n) is 13.1. The first-order valence-corrected chi connectivity index (χ1v) is 13.5. The lowest BCUT2D eigenvalue weighted by molar-refractivity contribution is 0.387. The number of anilines is 3. The summed E-state index contributed by atoms with van der Waals surface area (Å²) in [6.07, 6.45) is 4.20. The summed E-state index contributed by atoms with van der Waals surface area (Å²) < 4.78 is 0. The van der Waals surface area contributed by atoms with Gasteiger partial charge in [-0.2, -0.15) is 4.98 Å². The zero-order chi connectivity index (χ0) is 25.8. The van der Waals surface area contributed by atoms with Gasteiger partial charge in [0.15, 0.2) is 5.11 Å². The molecule has 0 amide bonds. The third-order valence-corrected chi connectivity index (χ3v) is 7.23. The van der Waals surface area contributed by atoms with Crippen LogP contribution in [0.15, 0.2) is 42.5 Å². The first-order chi connectivity index (χ1) is 17.2. The Balaban J connectivity index is 1.36. The molecule has 1 heterocycles. The summed E-state index contributed by atoms with van der Waals surface area (Å²) in [5.74, 6) is 2.51. The smallest absolute Gasteiger partial charge is 0.225 e. The van der Waals surface area contributed by atoms with E-state index in [1.807, 2.05) is 37.2 Å². The predicted molar refractivity (Wildman–Crippen MR) is 158 cm³/mol. The molecule has 7 heteroatoms. The second kappa shape index (κ2) is 11.4. The molecular weight excluding hydrogens is 464 g/mol. The molecule has 192 valence electrons.